The molecular formula is C21H32N6OS. The monoisotopic (exact) mass is 416 g/mol. The van der Waals surface area contributed by atoms with E-state index in [1.807, 2.05) is 25.7 Å². The number of carbonyl (C=O) groups excluding carboxylic acids is 1. The van der Waals surface area contributed by atoms with Crippen LogP contribution in [-0.4, -0.2) is 62.5 Å². The molecule has 2 N–H and O–H groups in total. The van der Waals surface area contributed by atoms with E-state index in [-0.39, 0.29) is 11.3 Å². The first-order chi connectivity index (χ1) is 13.8. The highest BCUT2D eigenvalue weighted by atomic mass is 32.2. The van der Waals surface area contributed by atoms with Crippen LogP contribution in [0, 0.1) is 6.92 Å². The Bertz CT molecular complexity index is 844. The molecule has 0 aliphatic carbocycles. The van der Waals surface area contributed by atoms with Gasteiger partial charge in [-0.15, -0.1) is 10.2 Å². The van der Waals surface area contributed by atoms with Crippen LogP contribution in [0.1, 0.15) is 44.1 Å². The van der Waals surface area contributed by atoms with Crippen LogP contribution in [0.5, 0.6) is 0 Å². The average Bonchev–Trinajstić information content (AvgIpc) is 2.89. The van der Waals surface area contributed by atoms with E-state index in [1.54, 1.807) is 0 Å². The molecule has 3 rings (SSSR count). The second-order valence-corrected chi connectivity index (χ2v) is 9.59. The lowest BCUT2D eigenvalue weighted by atomic mass is 9.96. The van der Waals surface area contributed by atoms with Crippen molar-refractivity contribution in [1.82, 2.24) is 24.7 Å². The summed E-state index contributed by atoms with van der Waals surface area (Å²) in [7, 11) is 0. The number of nitrogens with two attached hydrogens (primary N) is 1. The van der Waals surface area contributed by atoms with Crippen LogP contribution in [-0.2, 0) is 16.8 Å². The van der Waals surface area contributed by atoms with Crippen LogP contribution in [0.3, 0.4) is 0 Å². The zero-order chi connectivity index (χ0) is 21.0. The van der Waals surface area contributed by atoms with Gasteiger partial charge in [0, 0.05) is 38.1 Å². The van der Waals surface area contributed by atoms with Crippen LogP contribution >= 0.6 is 11.8 Å². The van der Waals surface area contributed by atoms with Gasteiger partial charge < -0.3 is 10.7 Å². The van der Waals surface area contributed by atoms with E-state index in [2.05, 4.69) is 46.3 Å². The van der Waals surface area contributed by atoms with Crippen LogP contribution in [0.4, 0.5) is 0 Å². The molecule has 1 saturated heterocycles. The minimum absolute atomic E-state index is 0.132. The quantitative estimate of drug-likeness (QED) is 0.596. The van der Waals surface area contributed by atoms with Crippen molar-refractivity contribution >= 4 is 17.7 Å². The number of amides is 1. The van der Waals surface area contributed by atoms with Crippen molar-refractivity contribution in [2.45, 2.75) is 51.2 Å². The second kappa shape index (κ2) is 9.17. The molecule has 1 fully saturated rings. The molecule has 1 aromatic heterocycles. The fourth-order valence-electron chi connectivity index (χ4n) is 3.51. The fourth-order valence-corrected chi connectivity index (χ4v) is 4.27. The van der Waals surface area contributed by atoms with Crippen molar-refractivity contribution in [3.05, 3.63) is 41.2 Å². The number of aromatic nitrogens is 3. The van der Waals surface area contributed by atoms with Gasteiger partial charge in [-0.2, -0.15) is 0 Å². The van der Waals surface area contributed by atoms with Gasteiger partial charge in [0.1, 0.15) is 0 Å². The van der Waals surface area contributed by atoms with E-state index in [0.717, 1.165) is 39.1 Å². The van der Waals surface area contributed by atoms with Crippen LogP contribution in [0.2, 0.25) is 0 Å². The van der Waals surface area contributed by atoms with Gasteiger partial charge in [0.05, 0.1) is 5.75 Å². The lowest BCUT2D eigenvalue weighted by molar-refractivity contribution is -0.128. The number of nitrogen functional groups attached to an aromatic ring is 1. The van der Waals surface area contributed by atoms with E-state index >= 15 is 0 Å². The highest BCUT2D eigenvalue weighted by Crippen LogP contribution is 2.23. The maximum atomic E-state index is 12.7. The smallest absolute Gasteiger partial charge is 0.233 e. The Morgan fingerprint density at radius 3 is 2.59 bits per heavy atom. The zero-order valence-electron chi connectivity index (χ0n) is 17.9. The number of thioether (sulfide) groups is 1. The number of aryl methyl sites for hydroxylation is 1. The molecule has 0 radical (unpaired) electrons. The summed E-state index contributed by atoms with van der Waals surface area (Å²) in [6.45, 7) is 12.7. The van der Waals surface area contributed by atoms with Crippen molar-refractivity contribution in [2.24, 2.45) is 0 Å². The number of carbonyl (C=O) groups is 1. The van der Waals surface area contributed by atoms with Crippen molar-refractivity contribution in [3.63, 3.8) is 0 Å². The first-order valence-electron chi connectivity index (χ1n) is 10.1. The predicted molar refractivity (Wildman–Crippen MR) is 117 cm³/mol. The van der Waals surface area contributed by atoms with E-state index < -0.39 is 0 Å². The molecule has 1 aromatic carbocycles. The summed E-state index contributed by atoms with van der Waals surface area (Å²) in [5.41, 5.74) is 2.50. The van der Waals surface area contributed by atoms with Gasteiger partial charge in [-0.05, 0) is 24.5 Å². The topological polar surface area (TPSA) is 80.3 Å². The Morgan fingerprint density at radius 2 is 1.90 bits per heavy atom. The highest BCUT2D eigenvalue weighted by Gasteiger charge is 2.24. The minimum atomic E-state index is -0.185. The number of hydrogen-bond acceptors (Lipinski definition) is 6. The first-order valence-corrected chi connectivity index (χ1v) is 11.1. The van der Waals surface area contributed by atoms with Gasteiger partial charge in [-0.1, -0.05) is 56.8 Å². The Balaban J connectivity index is 1.52. The molecule has 1 aliphatic heterocycles. The molecule has 0 bridgehead atoms. The van der Waals surface area contributed by atoms with Gasteiger partial charge in [-0.25, -0.2) is 4.68 Å². The number of hydrogen-bond donors (Lipinski definition) is 1. The van der Waals surface area contributed by atoms with Crippen molar-refractivity contribution in [3.8, 4) is 0 Å². The number of benzene rings is 1. The molecule has 2 aromatic rings. The summed E-state index contributed by atoms with van der Waals surface area (Å²) < 4.78 is 1.50. The third kappa shape index (κ3) is 5.51. The largest absolute Gasteiger partial charge is 0.341 e. The Labute approximate surface area is 177 Å². The van der Waals surface area contributed by atoms with Gasteiger partial charge in [0.25, 0.3) is 0 Å². The summed E-state index contributed by atoms with van der Waals surface area (Å²) in [4.78, 5) is 17.2. The maximum absolute atomic E-state index is 12.7. The third-order valence-corrected chi connectivity index (χ3v) is 6.18. The Morgan fingerprint density at radius 1 is 1.14 bits per heavy atom. The molecule has 29 heavy (non-hydrogen) atoms. The summed E-state index contributed by atoms with van der Waals surface area (Å²) in [6.07, 6.45) is 0.990. The van der Waals surface area contributed by atoms with E-state index in [1.165, 1.54) is 27.6 Å². The summed E-state index contributed by atoms with van der Waals surface area (Å²) in [5, 5.41) is 8.92. The number of rotatable bonds is 5. The third-order valence-electron chi connectivity index (χ3n) is 5.26. The minimum Gasteiger partial charge on any atom is -0.341 e. The lowest BCUT2D eigenvalue weighted by Crippen LogP contribution is -2.36. The molecule has 0 unspecified atom stereocenters. The number of nitrogens with zero attached hydrogens (tertiary/aromatic N) is 5. The molecule has 0 atom stereocenters. The standard InChI is InChI=1S/C21H32N6OS/c1-16-8-5-6-9-17(16)14-25-10-7-11-26(13-12-25)18(28)15-29-20-24-23-19(27(20)22)21(2,3)4/h5-6,8-9H,7,10-15,22H2,1-4H3. The first kappa shape index (κ1) is 21.6. The molecular weight excluding hydrogens is 384 g/mol. The van der Waals surface area contributed by atoms with Crippen LogP contribution < -0.4 is 5.84 Å². The van der Waals surface area contributed by atoms with E-state index in [4.69, 9.17) is 5.84 Å². The second-order valence-electron chi connectivity index (χ2n) is 8.65. The average molecular weight is 417 g/mol. The molecule has 158 valence electrons. The molecule has 1 aliphatic rings. The predicted octanol–water partition coefficient (Wildman–Crippen LogP) is 2.42. The summed E-state index contributed by atoms with van der Waals surface area (Å²) in [6, 6.07) is 8.51. The van der Waals surface area contributed by atoms with Gasteiger partial charge in [0.15, 0.2) is 5.82 Å². The summed E-state index contributed by atoms with van der Waals surface area (Å²) in [5.74, 6) is 7.30. The van der Waals surface area contributed by atoms with Crippen molar-refractivity contribution < 1.29 is 4.79 Å². The normalized spacial score (nSPS) is 16.1. The van der Waals surface area contributed by atoms with Crippen molar-refractivity contribution in [1.29, 1.82) is 0 Å². The molecule has 7 nitrogen and oxygen atoms in total. The van der Waals surface area contributed by atoms with Gasteiger partial charge in [0.2, 0.25) is 11.1 Å². The van der Waals surface area contributed by atoms with E-state index in [0.29, 0.717) is 16.7 Å². The molecule has 0 saturated carbocycles. The fraction of sp³-hybridized carbons (Fsp3) is 0.571. The van der Waals surface area contributed by atoms with Gasteiger partial charge >= 0.3 is 0 Å². The SMILES string of the molecule is Cc1ccccc1CN1CCCN(C(=O)CSc2nnc(C(C)(C)C)n2N)CC1. The molecule has 2 heterocycles. The van der Waals surface area contributed by atoms with Crippen LogP contribution in [0.25, 0.3) is 0 Å². The molecule has 1 amide bonds. The Hall–Kier alpha value is -2.06. The molecule has 8 heteroatoms. The lowest BCUT2D eigenvalue weighted by Gasteiger charge is -2.22. The van der Waals surface area contributed by atoms with Gasteiger partial charge in [-0.3, -0.25) is 9.69 Å². The Kier molecular flexibility index (Phi) is 6.85. The highest BCUT2D eigenvalue weighted by molar-refractivity contribution is 7.99. The maximum Gasteiger partial charge on any atom is 0.233 e. The van der Waals surface area contributed by atoms with Crippen molar-refractivity contribution in [2.75, 3.05) is 37.8 Å². The van der Waals surface area contributed by atoms with E-state index in [9.17, 15) is 4.79 Å². The molecule has 0 spiro atoms. The zero-order valence-corrected chi connectivity index (χ0v) is 18.7. The summed E-state index contributed by atoms with van der Waals surface area (Å²) >= 11 is 1.36. The van der Waals surface area contributed by atoms with Crippen LogP contribution in [0.15, 0.2) is 29.4 Å².